The van der Waals surface area contributed by atoms with E-state index in [-0.39, 0.29) is 6.10 Å². The molecule has 1 aliphatic rings. The summed E-state index contributed by atoms with van der Waals surface area (Å²) in [7, 11) is 1.60. The number of methoxy groups -OCH3 is 1. The Bertz CT molecular complexity index is 627. The summed E-state index contributed by atoms with van der Waals surface area (Å²) in [5.41, 5.74) is 9.00. The number of rotatable bonds is 4. The Kier molecular flexibility index (Phi) is 3.97. The molecule has 3 rings (SSSR count). The van der Waals surface area contributed by atoms with Gasteiger partial charge in [0.25, 0.3) is 0 Å². The second-order valence-corrected chi connectivity index (χ2v) is 5.02. The van der Waals surface area contributed by atoms with E-state index in [1.165, 1.54) is 11.1 Å². The molecule has 1 aliphatic heterocycles. The van der Waals surface area contributed by atoms with Crippen LogP contribution in [0.5, 0.6) is 11.5 Å². The van der Waals surface area contributed by atoms with Crippen LogP contribution in [0.15, 0.2) is 42.5 Å². The standard InChI is InChI=1S/C17H19NO3/c1-19-16-7-6-13(10-15(16)18)21-11-17-14-5-3-2-4-12(14)8-9-20-17/h2-7,10,17H,8-9,11,18H2,1H3. The molecule has 0 spiro atoms. The molecule has 4 heteroatoms. The molecule has 0 aliphatic carbocycles. The topological polar surface area (TPSA) is 53.7 Å². The molecule has 110 valence electrons. The Balaban J connectivity index is 1.70. The quantitative estimate of drug-likeness (QED) is 0.877. The maximum absolute atomic E-state index is 5.88. The molecule has 1 atom stereocenters. The summed E-state index contributed by atoms with van der Waals surface area (Å²) in [6.45, 7) is 1.21. The Hall–Kier alpha value is -2.20. The predicted octanol–water partition coefficient (Wildman–Crippen LogP) is 2.97. The molecule has 1 heterocycles. The zero-order chi connectivity index (χ0) is 14.7. The van der Waals surface area contributed by atoms with Crippen LogP contribution >= 0.6 is 0 Å². The summed E-state index contributed by atoms with van der Waals surface area (Å²) in [6.07, 6.45) is 0.931. The lowest BCUT2D eigenvalue weighted by Crippen LogP contribution is -2.21. The zero-order valence-corrected chi connectivity index (χ0v) is 12.0. The molecule has 0 amide bonds. The van der Waals surface area contributed by atoms with Crippen LogP contribution < -0.4 is 15.2 Å². The Morgan fingerprint density at radius 2 is 2.10 bits per heavy atom. The molecule has 0 bridgehead atoms. The normalized spacial score (nSPS) is 17.1. The maximum atomic E-state index is 5.88. The third-order valence-corrected chi connectivity index (χ3v) is 3.69. The van der Waals surface area contributed by atoms with E-state index in [2.05, 4.69) is 18.2 Å². The first-order chi connectivity index (χ1) is 10.3. The van der Waals surface area contributed by atoms with Crippen molar-refractivity contribution < 1.29 is 14.2 Å². The Morgan fingerprint density at radius 1 is 1.24 bits per heavy atom. The summed E-state index contributed by atoms with van der Waals surface area (Å²) in [4.78, 5) is 0. The highest BCUT2D eigenvalue weighted by Crippen LogP contribution is 2.30. The molecule has 2 aromatic carbocycles. The molecule has 0 saturated heterocycles. The summed E-state index contributed by atoms with van der Waals surface area (Å²) in [6, 6.07) is 13.8. The second kappa shape index (κ2) is 6.06. The Labute approximate surface area is 124 Å². The smallest absolute Gasteiger partial charge is 0.142 e. The van der Waals surface area contributed by atoms with Crippen LogP contribution in [-0.4, -0.2) is 20.3 Å². The van der Waals surface area contributed by atoms with Crippen LogP contribution in [0, 0.1) is 0 Å². The minimum Gasteiger partial charge on any atom is -0.495 e. The molecular formula is C17H19NO3. The van der Waals surface area contributed by atoms with E-state index in [1.807, 2.05) is 12.1 Å². The van der Waals surface area contributed by atoms with E-state index in [1.54, 1.807) is 19.2 Å². The van der Waals surface area contributed by atoms with Crippen molar-refractivity contribution in [3.8, 4) is 11.5 Å². The van der Waals surface area contributed by atoms with Crippen molar-refractivity contribution >= 4 is 5.69 Å². The minimum absolute atomic E-state index is 0.0294. The highest BCUT2D eigenvalue weighted by Gasteiger charge is 2.21. The minimum atomic E-state index is -0.0294. The molecule has 2 aromatic rings. The van der Waals surface area contributed by atoms with E-state index < -0.39 is 0 Å². The van der Waals surface area contributed by atoms with E-state index in [9.17, 15) is 0 Å². The van der Waals surface area contributed by atoms with Crippen LogP contribution in [0.4, 0.5) is 5.69 Å². The Morgan fingerprint density at radius 3 is 2.90 bits per heavy atom. The number of anilines is 1. The van der Waals surface area contributed by atoms with Gasteiger partial charge in [-0.1, -0.05) is 24.3 Å². The third kappa shape index (κ3) is 2.95. The van der Waals surface area contributed by atoms with Crippen LogP contribution in [0.2, 0.25) is 0 Å². The molecule has 1 unspecified atom stereocenters. The van der Waals surface area contributed by atoms with Gasteiger partial charge in [0, 0.05) is 6.07 Å². The van der Waals surface area contributed by atoms with Crippen LogP contribution in [0.3, 0.4) is 0 Å². The van der Waals surface area contributed by atoms with Gasteiger partial charge < -0.3 is 19.9 Å². The molecule has 2 N–H and O–H groups in total. The van der Waals surface area contributed by atoms with Crippen molar-refractivity contribution in [3.63, 3.8) is 0 Å². The van der Waals surface area contributed by atoms with Gasteiger partial charge >= 0.3 is 0 Å². The highest BCUT2D eigenvalue weighted by molar-refractivity contribution is 5.56. The number of nitrogens with two attached hydrogens (primary N) is 1. The van der Waals surface area contributed by atoms with Crippen LogP contribution in [-0.2, 0) is 11.2 Å². The predicted molar refractivity (Wildman–Crippen MR) is 81.7 cm³/mol. The summed E-state index contributed by atoms with van der Waals surface area (Å²) in [5.74, 6) is 1.38. The van der Waals surface area contributed by atoms with Gasteiger partial charge in [0.15, 0.2) is 0 Å². The van der Waals surface area contributed by atoms with Gasteiger partial charge in [-0.2, -0.15) is 0 Å². The fraction of sp³-hybridized carbons (Fsp3) is 0.294. The monoisotopic (exact) mass is 285 g/mol. The van der Waals surface area contributed by atoms with Crippen molar-refractivity contribution in [2.45, 2.75) is 12.5 Å². The van der Waals surface area contributed by atoms with Gasteiger partial charge in [-0.15, -0.1) is 0 Å². The van der Waals surface area contributed by atoms with E-state index in [0.29, 0.717) is 18.0 Å². The molecule has 0 fully saturated rings. The fourth-order valence-electron chi connectivity index (χ4n) is 2.59. The van der Waals surface area contributed by atoms with Gasteiger partial charge in [0.1, 0.15) is 24.2 Å². The first kappa shape index (κ1) is 13.8. The molecule has 0 aromatic heterocycles. The van der Waals surface area contributed by atoms with Crippen molar-refractivity contribution in [1.82, 2.24) is 0 Å². The van der Waals surface area contributed by atoms with Gasteiger partial charge in [-0.05, 0) is 29.7 Å². The van der Waals surface area contributed by atoms with Gasteiger partial charge in [-0.3, -0.25) is 0 Å². The van der Waals surface area contributed by atoms with Gasteiger partial charge in [-0.25, -0.2) is 0 Å². The van der Waals surface area contributed by atoms with Crippen molar-refractivity contribution in [3.05, 3.63) is 53.6 Å². The number of hydrogen-bond donors (Lipinski definition) is 1. The van der Waals surface area contributed by atoms with Crippen molar-refractivity contribution in [1.29, 1.82) is 0 Å². The SMILES string of the molecule is COc1ccc(OCC2OCCc3ccccc32)cc1N. The highest BCUT2D eigenvalue weighted by atomic mass is 16.5. The average Bonchev–Trinajstić information content (AvgIpc) is 2.53. The maximum Gasteiger partial charge on any atom is 0.142 e. The number of nitrogen functional groups attached to an aromatic ring is 1. The molecule has 0 saturated carbocycles. The van der Waals surface area contributed by atoms with Crippen molar-refractivity contribution in [2.24, 2.45) is 0 Å². The van der Waals surface area contributed by atoms with Crippen molar-refractivity contribution in [2.75, 3.05) is 26.1 Å². The summed E-state index contributed by atoms with van der Waals surface area (Å²) >= 11 is 0. The average molecular weight is 285 g/mol. The van der Waals surface area contributed by atoms with Gasteiger partial charge in [0.2, 0.25) is 0 Å². The largest absolute Gasteiger partial charge is 0.495 e. The number of fused-ring (bicyclic) bond motifs is 1. The van der Waals surface area contributed by atoms with E-state index in [0.717, 1.165) is 18.8 Å². The second-order valence-electron chi connectivity index (χ2n) is 5.02. The molecule has 4 nitrogen and oxygen atoms in total. The third-order valence-electron chi connectivity index (χ3n) is 3.69. The lowest BCUT2D eigenvalue weighted by Gasteiger charge is -2.26. The number of hydrogen-bond acceptors (Lipinski definition) is 4. The number of benzene rings is 2. The zero-order valence-electron chi connectivity index (χ0n) is 12.0. The first-order valence-corrected chi connectivity index (χ1v) is 7.03. The fourth-order valence-corrected chi connectivity index (χ4v) is 2.59. The van der Waals surface area contributed by atoms with E-state index in [4.69, 9.17) is 19.9 Å². The number of ether oxygens (including phenoxy) is 3. The summed E-state index contributed by atoms with van der Waals surface area (Å²) < 4.78 is 16.8. The first-order valence-electron chi connectivity index (χ1n) is 7.03. The molecular weight excluding hydrogens is 266 g/mol. The van der Waals surface area contributed by atoms with Crippen LogP contribution in [0.1, 0.15) is 17.2 Å². The molecule has 21 heavy (non-hydrogen) atoms. The van der Waals surface area contributed by atoms with E-state index >= 15 is 0 Å². The van der Waals surface area contributed by atoms with Crippen LogP contribution in [0.25, 0.3) is 0 Å². The lowest BCUT2D eigenvalue weighted by molar-refractivity contribution is 0.0102. The lowest BCUT2D eigenvalue weighted by atomic mass is 9.98. The van der Waals surface area contributed by atoms with Gasteiger partial charge in [0.05, 0.1) is 19.4 Å². The molecule has 0 radical (unpaired) electrons. The summed E-state index contributed by atoms with van der Waals surface area (Å²) in [5, 5.41) is 0.